The number of hydrogen-bond donors (Lipinski definition) is 3. The number of hydrogen-bond acceptors (Lipinski definition) is 6. The molecule has 23 heavy (non-hydrogen) atoms. The van der Waals surface area contributed by atoms with E-state index in [4.69, 9.17) is 12.2 Å². The summed E-state index contributed by atoms with van der Waals surface area (Å²) in [5.74, 6) is -0.299. The van der Waals surface area contributed by atoms with E-state index in [1.807, 2.05) is 6.92 Å². The average Bonchev–Trinajstić information content (AvgIpc) is 2.98. The second kappa shape index (κ2) is 6.27. The zero-order valence-corrected chi connectivity index (χ0v) is 13.7. The number of anilines is 1. The molecule has 8 heteroatoms. The van der Waals surface area contributed by atoms with Gasteiger partial charge in [-0.1, -0.05) is 6.07 Å². The van der Waals surface area contributed by atoms with Crippen LogP contribution in [0.3, 0.4) is 0 Å². The Morgan fingerprint density at radius 1 is 1.17 bits per heavy atom. The number of benzene rings is 2. The van der Waals surface area contributed by atoms with Crippen LogP contribution in [-0.4, -0.2) is 24.9 Å². The first kappa shape index (κ1) is 15.3. The summed E-state index contributed by atoms with van der Waals surface area (Å²) >= 11 is 6.21. The summed E-state index contributed by atoms with van der Waals surface area (Å²) in [4.78, 5) is 12.2. The summed E-state index contributed by atoms with van der Waals surface area (Å²) in [5.41, 5.74) is 3.24. The van der Waals surface area contributed by atoms with E-state index >= 15 is 0 Å². The summed E-state index contributed by atoms with van der Waals surface area (Å²) in [6.07, 6.45) is 0. The van der Waals surface area contributed by atoms with Gasteiger partial charge in [-0.15, -0.1) is 0 Å². The number of aromatic nitrogens is 2. The van der Waals surface area contributed by atoms with Crippen LogP contribution in [0.4, 0.5) is 5.69 Å². The van der Waals surface area contributed by atoms with E-state index in [0.717, 1.165) is 22.8 Å². The highest BCUT2D eigenvalue weighted by Gasteiger charge is 2.11. The number of rotatable bonds is 2. The highest BCUT2D eigenvalue weighted by Crippen LogP contribution is 2.23. The number of aromatic hydroxyl groups is 1. The third kappa shape index (κ3) is 3.43. The lowest BCUT2D eigenvalue weighted by molar-refractivity contribution is 0.0978. The van der Waals surface area contributed by atoms with E-state index < -0.39 is 0 Å². The van der Waals surface area contributed by atoms with Gasteiger partial charge in [0.2, 0.25) is 0 Å². The molecule has 3 aromatic rings. The van der Waals surface area contributed by atoms with E-state index in [-0.39, 0.29) is 16.8 Å². The van der Waals surface area contributed by atoms with Crippen molar-refractivity contribution in [1.29, 1.82) is 0 Å². The summed E-state index contributed by atoms with van der Waals surface area (Å²) in [6.45, 7) is 1.89. The highest BCUT2D eigenvalue weighted by atomic mass is 32.1. The van der Waals surface area contributed by atoms with Gasteiger partial charge in [0.1, 0.15) is 16.8 Å². The molecular formula is C15H12N4O2S2. The Morgan fingerprint density at radius 2 is 1.96 bits per heavy atom. The van der Waals surface area contributed by atoms with Crippen LogP contribution in [0.25, 0.3) is 11.0 Å². The Kier molecular flexibility index (Phi) is 4.18. The Bertz CT molecular complexity index is 907. The fourth-order valence-electron chi connectivity index (χ4n) is 2.00. The number of amides is 1. The van der Waals surface area contributed by atoms with Crippen LogP contribution in [0.15, 0.2) is 36.4 Å². The van der Waals surface area contributed by atoms with Gasteiger partial charge in [-0.05, 0) is 55.0 Å². The lowest BCUT2D eigenvalue weighted by Crippen LogP contribution is -2.34. The molecule has 1 amide bonds. The fourth-order valence-corrected chi connectivity index (χ4v) is 2.72. The van der Waals surface area contributed by atoms with E-state index in [1.54, 1.807) is 36.4 Å². The van der Waals surface area contributed by atoms with E-state index in [9.17, 15) is 9.90 Å². The molecular weight excluding hydrogens is 332 g/mol. The van der Waals surface area contributed by atoms with Gasteiger partial charge in [-0.2, -0.15) is 8.75 Å². The summed E-state index contributed by atoms with van der Waals surface area (Å²) < 4.78 is 8.19. The molecule has 0 aliphatic rings. The molecule has 6 nitrogen and oxygen atoms in total. The smallest absolute Gasteiger partial charge is 0.257 e. The molecule has 0 bridgehead atoms. The predicted octanol–water partition coefficient (Wildman–Crippen LogP) is 2.83. The fraction of sp³-hybridized carbons (Fsp3) is 0.0667. The Hall–Kier alpha value is -2.58. The normalized spacial score (nSPS) is 10.5. The minimum absolute atomic E-state index is 0.0576. The first-order chi connectivity index (χ1) is 11.0. The molecule has 1 heterocycles. The van der Waals surface area contributed by atoms with Crippen molar-refractivity contribution in [2.75, 3.05) is 5.32 Å². The van der Waals surface area contributed by atoms with Gasteiger partial charge in [0.05, 0.1) is 17.4 Å². The molecule has 0 unspecified atom stereocenters. The number of carbonyl (C=O) groups is 1. The monoisotopic (exact) mass is 344 g/mol. The number of carbonyl (C=O) groups excluding carboxylic acids is 1. The Balaban J connectivity index is 1.71. The zero-order valence-electron chi connectivity index (χ0n) is 12.0. The first-order valence-corrected chi connectivity index (χ1v) is 7.81. The van der Waals surface area contributed by atoms with Crippen molar-refractivity contribution in [3.05, 3.63) is 47.5 Å². The second-order valence-corrected chi connectivity index (χ2v) is 5.83. The van der Waals surface area contributed by atoms with E-state index in [1.165, 1.54) is 0 Å². The average molecular weight is 344 g/mol. The van der Waals surface area contributed by atoms with Crippen molar-refractivity contribution in [2.24, 2.45) is 0 Å². The quantitative estimate of drug-likeness (QED) is 0.489. The molecule has 3 rings (SSSR count). The number of phenolic OH excluding ortho intramolecular Hbond substituents is 1. The van der Waals surface area contributed by atoms with Gasteiger partial charge in [0.25, 0.3) is 5.91 Å². The molecule has 0 aliphatic heterocycles. The summed E-state index contributed by atoms with van der Waals surface area (Å²) in [7, 11) is 0. The lowest BCUT2D eigenvalue weighted by atomic mass is 10.2. The van der Waals surface area contributed by atoms with Gasteiger partial charge in [-0.25, -0.2) is 0 Å². The van der Waals surface area contributed by atoms with Crippen molar-refractivity contribution in [3.8, 4) is 5.75 Å². The molecule has 0 saturated heterocycles. The van der Waals surface area contributed by atoms with Crippen LogP contribution in [-0.2, 0) is 0 Å². The zero-order chi connectivity index (χ0) is 16.4. The SMILES string of the molecule is Cc1ccc(O)c(NC(=S)NC(=O)c2ccc3nsnc3c2)c1. The molecule has 2 aromatic carbocycles. The molecule has 0 spiro atoms. The maximum absolute atomic E-state index is 12.2. The van der Waals surface area contributed by atoms with Crippen LogP contribution in [0.1, 0.15) is 15.9 Å². The molecule has 1 aromatic heterocycles. The molecule has 0 radical (unpaired) electrons. The van der Waals surface area contributed by atoms with Crippen molar-refractivity contribution in [2.45, 2.75) is 6.92 Å². The second-order valence-electron chi connectivity index (χ2n) is 4.90. The number of thiocarbonyl (C=S) groups is 1. The van der Waals surface area contributed by atoms with Crippen molar-refractivity contribution in [1.82, 2.24) is 14.1 Å². The van der Waals surface area contributed by atoms with Crippen LogP contribution >= 0.6 is 23.9 Å². The van der Waals surface area contributed by atoms with Crippen molar-refractivity contribution < 1.29 is 9.90 Å². The van der Waals surface area contributed by atoms with Gasteiger partial charge in [-0.3, -0.25) is 10.1 Å². The van der Waals surface area contributed by atoms with Gasteiger partial charge >= 0.3 is 0 Å². The number of nitrogens with one attached hydrogen (secondary N) is 2. The molecule has 0 saturated carbocycles. The van der Waals surface area contributed by atoms with Crippen molar-refractivity contribution in [3.63, 3.8) is 0 Å². The van der Waals surface area contributed by atoms with Gasteiger partial charge < -0.3 is 10.4 Å². The van der Waals surface area contributed by atoms with Crippen LogP contribution in [0.5, 0.6) is 5.75 Å². The number of aryl methyl sites for hydroxylation is 1. The summed E-state index contributed by atoms with van der Waals surface area (Å²) in [6, 6.07) is 10.1. The number of nitrogens with zero attached hydrogens (tertiary/aromatic N) is 2. The van der Waals surface area contributed by atoms with Crippen molar-refractivity contribution >= 4 is 51.7 Å². The van der Waals surface area contributed by atoms with Crippen LogP contribution < -0.4 is 10.6 Å². The maximum atomic E-state index is 12.2. The highest BCUT2D eigenvalue weighted by molar-refractivity contribution is 7.80. The minimum atomic E-state index is -0.357. The van der Waals surface area contributed by atoms with Gasteiger partial charge in [0.15, 0.2) is 5.11 Å². The number of phenols is 1. The number of fused-ring (bicyclic) bond motifs is 1. The molecule has 0 fully saturated rings. The predicted molar refractivity (Wildman–Crippen MR) is 93.9 cm³/mol. The Morgan fingerprint density at radius 3 is 2.78 bits per heavy atom. The van der Waals surface area contributed by atoms with Crippen LogP contribution in [0.2, 0.25) is 0 Å². The molecule has 3 N–H and O–H groups in total. The van der Waals surface area contributed by atoms with Gasteiger partial charge in [0, 0.05) is 5.56 Å². The maximum Gasteiger partial charge on any atom is 0.257 e. The summed E-state index contributed by atoms with van der Waals surface area (Å²) in [5, 5.41) is 15.3. The van der Waals surface area contributed by atoms with E-state index in [0.29, 0.717) is 16.8 Å². The standard InChI is InChI=1S/C15H12N4O2S2/c1-8-2-5-13(20)12(6-8)16-15(22)17-14(21)9-3-4-10-11(7-9)19-23-18-10/h2-7,20H,1H3,(H2,16,17,21,22). The van der Waals surface area contributed by atoms with E-state index in [2.05, 4.69) is 19.4 Å². The topological polar surface area (TPSA) is 87.1 Å². The lowest BCUT2D eigenvalue weighted by Gasteiger charge is -2.11. The minimum Gasteiger partial charge on any atom is -0.506 e. The third-order valence-electron chi connectivity index (χ3n) is 3.14. The molecule has 0 aliphatic carbocycles. The van der Waals surface area contributed by atoms with Crippen LogP contribution in [0, 0.1) is 6.92 Å². The molecule has 0 atom stereocenters. The largest absolute Gasteiger partial charge is 0.506 e. The molecule has 116 valence electrons. The first-order valence-electron chi connectivity index (χ1n) is 6.67. The third-order valence-corrected chi connectivity index (χ3v) is 3.90. The Labute approximate surface area is 141 Å².